The van der Waals surface area contributed by atoms with Crippen LogP contribution in [0, 0.1) is 0 Å². The Balaban J connectivity index is 1.48. The summed E-state index contributed by atoms with van der Waals surface area (Å²) in [5.74, 6) is 1.15. The number of aromatic amines is 1. The number of methoxy groups -OCH3 is 3. The van der Waals surface area contributed by atoms with Crippen molar-refractivity contribution in [2.75, 3.05) is 51.2 Å². The summed E-state index contributed by atoms with van der Waals surface area (Å²) in [5.41, 5.74) is 2.53. The van der Waals surface area contributed by atoms with E-state index in [4.69, 9.17) is 28.2 Å². The van der Waals surface area contributed by atoms with Gasteiger partial charge >= 0.3 is 0 Å². The first-order valence-electron chi connectivity index (χ1n) is 12.1. The first-order chi connectivity index (χ1) is 18.9. The molecule has 1 fully saturated rings. The number of hydrogen-bond donors (Lipinski definition) is 3. The Morgan fingerprint density at radius 2 is 1.77 bits per heavy atom. The second-order valence-electron chi connectivity index (χ2n) is 8.63. The van der Waals surface area contributed by atoms with E-state index in [9.17, 15) is 8.42 Å². The quantitative estimate of drug-likeness (QED) is 0.260. The van der Waals surface area contributed by atoms with Gasteiger partial charge in [-0.25, -0.2) is 8.42 Å². The largest absolute Gasteiger partial charge is 0.495 e. The van der Waals surface area contributed by atoms with E-state index in [-0.39, 0.29) is 28.3 Å². The molecular formula is C25H29N5O8S. The molecule has 0 amide bonds. The monoisotopic (exact) mass is 559 g/mol. The van der Waals surface area contributed by atoms with E-state index < -0.39 is 10.0 Å². The first kappa shape index (κ1) is 26.6. The maximum Gasteiger partial charge on any atom is 0.270 e. The number of anilines is 3. The number of nitrogens with one attached hydrogen (secondary N) is 3. The van der Waals surface area contributed by atoms with Gasteiger partial charge in [0.1, 0.15) is 23.4 Å². The Hall–Kier alpha value is -4.01. The summed E-state index contributed by atoms with van der Waals surface area (Å²) in [5, 5.41) is 14.7. The molecule has 5 rings (SSSR count). The van der Waals surface area contributed by atoms with Gasteiger partial charge in [0.15, 0.2) is 22.1 Å². The molecule has 0 spiro atoms. The molecule has 39 heavy (non-hydrogen) atoms. The number of ether oxygens (including phenoxy) is 5. The van der Waals surface area contributed by atoms with Crippen molar-refractivity contribution in [1.82, 2.24) is 15.4 Å². The van der Waals surface area contributed by atoms with Crippen molar-refractivity contribution >= 4 is 38.3 Å². The molecule has 208 valence electrons. The van der Waals surface area contributed by atoms with E-state index in [0.717, 1.165) is 12.1 Å². The molecular weight excluding hydrogens is 530 g/mol. The molecule has 1 atom stereocenters. The molecule has 13 nitrogen and oxygen atoms in total. The summed E-state index contributed by atoms with van der Waals surface area (Å²) in [6, 6.07) is 8.34. The Morgan fingerprint density at radius 1 is 1.03 bits per heavy atom. The maximum atomic E-state index is 13.6. The molecule has 14 heteroatoms. The Kier molecular flexibility index (Phi) is 7.50. The van der Waals surface area contributed by atoms with Gasteiger partial charge < -0.3 is 33.5 Å². The molecule has 0 unspecified atom stereocenters. The third-order valence-electron chi connectivity index (χ3n) is 6.24. The topological polar surface area (TPSA) is 159 Å². The molecule has 1 aliphatic rings. The SMILES string of the molecule is CCc1cc(Nc2cc3onc(NS(=O)(=O)c4c(OC)cc([C@@H]5COCCO5)cc4OC)c3cc2OC)n[nH]1. The van der Waals surface area contributed by atoms with Crippen molar-refractivity contribution in [1.29, 1.82) is 0 Å². The predicted octanol–water partition coefficient (Wildman–Crippen LogP) is 3.77. The minimum Gasteiger partial charge on any atom is -0.495 e. The van der Waals surface area contributed by atoms with Crippen LogP contribution in [-0.2, 0) is 25.9 Å². The minimum absolute atomic E-state index is 0.0277. The van der Waals surface area contributed by atoms with Gasteiger partial charge in [-0.05, 0) is 30.2 Å². The van der Waals surface area contributed by atoms with Gasteiger partial charge in [0.2, 0.25) is 0 Å². The molecule has 2 aromatic carbocycles. The average Bonchev–Trinajstić information content (AvgIpc) is 3.58. The van der Waals surface area contributed by atoms with E-state index in [1.807, 2.05) is 13.0 Å². The zero-order valence-electron chi connectivity index (χ0n) is 21.9. The van der Waals surface area contributed by atoms with E-state index in [0.29, 0.717) is 53.6 Å². The summed E-state index contributed by atoms with van der Waals surface area (Å²) < 4.78 is 62.9. The summed E-state index contributed by atoms with van der Waals surface area (Å²) in [6.45, 7) is 3.27. The average molecular weight is 560 g/mol. The van der Waals surface area contributed by atoms with Crippen LogP contribution in [-0.4, -0.2) is 64.9 Å². The van der Waals surface area contributed by atoms with Crippen molar-refractivity contribution < 1.29 is 36.6 Å². The third-order valence-corrected chi connectivity index (χ3v) is 7.64. The molecule has 0 aliphatic carbocycles. The van der Waals surface area contributed by atoms with Crippen molar-refractivity contribution in [3.63, 3.8) is 0 Å². The molecule has 1 aliphatic heterocycles. The number of benzene rings is 2. The van der Waals surface area contributed by atoms with Crippen LogP contribution >= 0.6 is 0 Å². The number of aryl methyl sites for hydroxylation is 1. The van der Waals surface area contributed by atoms with Crippen molar-refractivity contribution in [3.05, 3.63) is 41.6 Å². The van der Waals surface area contributed by atoms with Crippen LogP contribution in [0.2, 0.25) is 0 Å². The van der Waals surface area contributed by atoms with Crippen LogP contribution in [0.3, 0.4) is 0 Å². The van der Waals surface area contributed by atoms with Gasteiger partial charge in [-0.15, -0.1) is 0 Å². The fraction of sp³-hybridized carbons (Fsp3) is 0.360. The van der Waals surface area contributed by atoms with Crippen LogP contribution in [0.1, 0.15) is 24.3 Å². The van der Waals surface area contributed by atoms with E-state index in [1.165, 1.54) is 21.3 Å². The number of fused-ring (bicyclic) bond motifs is 1. The Bertz CT molecular complexity index is 1550. The summed E-state index contributed by atoms with van der Waals surface area (Å²) in [7, 11) is 0.00975. The number of nitrogens with zero attached hydrogens (tertiary/aromatic N) is 2. The lowest BCUT2D eigenvalue weighted by Crippen LogP contribution is -2.22. The van der Waals surface area contributed by atoms with E-state index >= 15 is 0 Å². The molecule has 0 radical (unpaired) electrons. The molecule has 4 aromatic rings. The fourth-order valence-electron chi connectivity index (χ4n) is 4.26. The van der Waals surface area contributed by atoms with Crippen LogP contribution in [0.5, 0.6) is 17.2 Å². The van der Waals surface area contributed by atoms with Gasteiger partial charge in [-0.3, -0.25) is 9.82 Å². The molecule has 1 saturated heterocycles. The molecule has 2 aromatic heterocycles. The highest BCUT2D eigenvalue weighted by molar-refractivity contribution is 7.93. The van der Waals surface area contributed by atoms with Gasteiger partial charge in [-0.2, -0.15) is 5.10 Å². The molecule has 3 heterocycles. The second-order valence-corrected chi connectivity index (χ2v) is 10.3. The number of H-pyrrole nitrogens is 1. The maximum absolute atomic E-state index is 13.6. The lowest BCUT2D eigenvalue weighted by atomic mass is 10.1. The fourth-order valence-corrected chi connectivity index (χ4v) is 5.58. The van der Waals surface area contributed by atoms with Gasteiger partial charge in [-0.1, -0.05) is 12.1 Å². The standard InChI is InChI=1S/C25H29N5O8S/c1-5-15-10-23(28-27-15)26-17-12-18-16(11-19(17)33-2)25(29-38-18)30-39(31,32)24-20(34-3)8-14(9-21(24)35-4)22-13-36-6-7-37-22/h8-12,22H,5-7,13H2,1-4H3,(H,29,30)(H2,26,27,28)/t22-/m0/s1. The zero-order valence-corrected chi connectivity index (χ0v) is 22.7. The van der Waals surface area contributed by atoms with Gasteiger partial charge in [0, 0.05) is 17.8 Å². The highest BCUT2D eigenvalue weighted by Crippen LogP contribution is 2.40. The molecule has 0 bridgehead atoms. The smallest absolute Gasteiger partial charge is 0.270 e. The van der Waals surface area contributed by atoms with Crippen LogP contribution in [0.15, 0.2) is 39.8 Å². The van der Waals surface area contributed by atoms with Crippen LogP contribution < -0.4 is 24.2 Å². The van der Waals surface area contributed by atoms with Gasteiger partial charge in [0.25, 0.3) is 10.0 Å². The van der Waals surface area contributed by atoms with Crippen molar-refractivity contribution in [3.8, 4) is 17.2 Å². The van der Waals surface area contributed by atoms with Crippen LogP contribution in [0.25, 0.3) is 11.0 Å². The van der Waals surface area contributed by atoms with E-state index in [1.54, 1.807) is 24.3 Å². The summed E-state index contributed by atoms with van der Waals surface area (Å²) in [4.78, 5) is -0.195. The summed E-state index contributed by atoms with van der Waals surface area (Å²) in [6.07, 6.45) is 0.424. The summed E-state index contributed by atoms with van der Waals surface area (Å²) >= 11 is 0. The van der Waals surface area contributed by atoms with Crippen LogP contribution in [0.4, 0.5) is 17.3 Å². The highest BCUT2D eigenvalue weighted by Gasteiger charge is 2.30. The number of sulfonamides is 1. The van der Waals surface area contributed by atoms with Gasteiger partial charge in [0.05, 0.1) is 52.2 Å². The van der Waals surface area contributed by atoms with Crippen molar-refractivity contribution in [2.24, 2.45) is 0 Å². The predicted molar refractivity (Wildman–Crippen MR) is 142 cm³/mol. The molecule has 3 N–H and O–H groups in total. The minimum atomic E-state index is -4.25. The Labute approximate surface area is 224 Å². The lowest BCUT2D eigenvalue weighted by molar-refractivity contribution is -0.0902. The third kappa shape index (κ3) is 5.30. The number of hydrogen-bond acceptors (Lipinski definition) is 11. The number of rotatable bonds is 10. The second kappa shape index (κ2) is 11.0. The Morgan fingerprint density at radius 3 is 2.38 bits per heavy atom. The molecule has 0 saturated carbocycles. The van der Waals surface area contributed by atoms with Crippen molar-refractivity contribution in [2.45, 2.75) is 24.3 Å². The zero-order chi connectivity index (χ0) is 27.6. The lowest BCUT2D eigenvalue weighted by Gasteiger charge is -2.25. The highest BCUT2D eigenvalue weighted by atomic mass is 32.2. The first-order valence-corrected chi connectivity index (χ1v) is 13.6. The van der Waals surface area contributed by atoms with E-state index in [2.05, 4.69) is 25.4 Å². The normalized spacial score (nSPS) is 15.7. The number of aromatic nitrogens is 3.